The number of rotatable bonds is 1. The van der Waals surface area contributed by atoms with Gasteiger partial charge in [0, 0.05) is 10.3 Å². The number of nitriles is 1. The van der Waals surface area contributed by atoms with Gasteiger partial charge in [0.2, 0.25) is 0 Å². The van der Waals surface area contributed by atoms with E-state index in [-0.39, 0.29) is 0 Å². The lowest BCUT2D eigenvalue weighted by Crippen LogP contribution is -1.81. The van der Waals surface area contributed by atoms with Gasteiger partial charge in [0.1, 0.15) is 11.1 Å². The van der Waals surface area contributed by atoms with Crippen molar-refractivity contribution in [2.24, 2.45) is 0 Å². The van der Waals surface area contributed by atoms with E-state index in [4.69, 9.17) is 11.0 Å². The van der Waals surface area contributed by atoms with Crippen molar-refractivity contribution in [2.45, 2.75) is 6.92 Å². The van der Waals surface area contributed by atoms with E-state index in [0.717, 1.165) is 9.40 Å². The first-order chi connectivity index (χ1) is 8.69. The smallest absolute Gasteiger partial charge is 0.106 e. The molecule has 0 fully saturated rings. The van der Waals surface area contributed by atoms with Gasteiger partial charge >= 0.3 is 0 Å². The molecule has 3 rings (SSSR count). The standard InChI is InChI=1S/C14H10N2S2/c1-8-2-4-9(5-3-8)12-6-10-11(7-15)13(16)18-14(10)17-12/h2-6H,16H2,1H3. The maximum Gasteiger partial charge on any atom is 0.106 e. The molecule has 0 saturated heterocycles. The molecule has 0 radical (unpaired) electrons. The van der Waals surface area contributed by atoms with E-state index in [9.17, 15) is 0 Å². The number of benzene rings is 1. The van der Waals surface area contributed by atoms with Gasteiger partial charge in [0.15, 0.2) is 0 Å². The van der Waals surface area contributed by atoms with E-state index >= 15 is 0 Å². The van der Waals surface area contributed by atoms with Gasteiger partial charge in [0.25, 0.3) is 0 Å². The molecule has 2 aromatic heterocycles. The summed E-state index contributed by atoms with van der Waals surface area (Å²) >= 11 is 3.19. The normalized spacial score (nSPS) is 10.7. The Balaban J connectivity index is 2.17. The van der Waals surface area contributed by atoms with Gasteiger partial charge in [-0.2, -0.15) is 5.26 Å². The molecule has 0 aliphatic rings. The molecule has 2 N–H and O–H groups in total. The molecule has 0 aliphatic heterocycles. The highest BCUT2D eigenvalue weighted by atomic mass is 32.2. The molecule has 0 bridgehead atoms. The van der Waals surface area contributed by atoms with Gasteiger partial charge in [-0.05, 0) is 18.6 Å². The molecular weight excluding hydrogens is 260 g/mol. The Bertz CT molecular complexity index is 758. The Kier molecular flexibility index (Phi) is 2.58. The van der Waals surface area contributed by atoms with Crippen LogP contribution in [0.25, 0.3) is 19.8 Å². The molecule has 0 spiro atoms. The van der Waals surface area contributed by atoms with Crippen LogP contribution in [0, 0.1) is 18.3 Å². The van der Waals surface area contributed by atoms with E-state index in [0.29, 0.717) is 10.6 Å². The topological polar surface area (TPSA) is 49.8 Å². The second-order valence-electron chi connectivity index (χ2n) is 4.13. The number of aryl methyl sites for hydroxylation is 1. The Morgan fingerprint density at radius 2 is 1.89 bits per heavy atom. The number of thiophene rings is 2. The Hall–Kier alpha value is -1.83. The molecule has 0 aliphatic carbocycles. The van der Waals surface area contributed by atoms with E-state index in [1.54, 1.807) is 11.3 Å². The molecule has 3 aromatic rings. The number of nitrogens with zero attached hydrogens (tertiary/aromatic N) is 1. The zero-order valence-corrected chi connectivity index (χ0v) is 11.4. The summed E-state index contributed by atoms with van der Waals surface area (Å²) in [6.45, 7) is 2.07. The summed E-state index contributed by atoms with van der Waals surface area (Å²) in [5, 5.41) is 10.7. The van der Waals surface area contributed by atoms with Gasteiger partial charge in [-0.25, -0.2) is 0 Å². The zero-order valence-electron chi connectivity index (χ0n) is 9.73. The Morgan fingerprint density at radius 1 is 1.17 bits per heavy atom. The quantitative estimate of drug-likeness (QED) is 0.712. The fraction of sp³-hybridized carbons (Fsp3) is 0.0714. The number of nitrogen functional groups attached to an aromatic ring is 1. The van der Waals surface area contributed by atoms with E-state index in [1.807, 2.05) is 0 Å². The van der Waals surface area contributed by atoms with Crippen LogP contribution in [0.2, 0.25) is 0 Å². The van der Waals surface area contributed by atoms with Crippen molar-refractivity contribution in [3.8, 4) is 16.5 Å². The minimum absolute atomic E-state index is 0.615. The summed E-state index contributed by atoms with van der Waals surface area (Å²) in [7, 11) is 0. The maximum absolute atomic E-state index is 9.10. The SMILES string of the molecule is Cc1ccc(-c2cc3c(C#N)c(N)sc3s2)cc1. The van der Waals surface area contributed by atoms with Crippen LogP contribution in [0.4, 0.5) is 5.00 Å². The van der Waals surface area contributed by atoms with Gasteiger partial charge in [0.05, 0.1) is 9.58 Å². The first-order valence-corrected chi connectivity index (χ1v) is 7.11. The number of fused-ring (bicyclic) bond motifs is 1. The monoisotopic (exact) mass is 270 g/mol. The number of hydrogen-bond acceptors (Lipinski definition) is 4. The predicted molar refractivity (Wildman–Crippen MR) is 79.0 cm³/mol. The molecule has 4 heteroatoms. The summed E-state index contributed by atoms with van der Waals surface area (Å²) in [6, 6.07) is 12.7. The maximum atomic E-state index is 9.10. The van der Waals surface area contributed by atoms with E-state index in [1.165, 1.54) is 27.3 Å². The number of hydrogen-bond donors (Lipinski definition) is 1. The molecule has 0 atom stereocenters. The summed E-state index contributed by atoms with van der Waals surface area (Å²) < 4.78 is 1.12. The van der Waals surface area contributed by atoms with Gasteiger partial charge in [-0.3, -0.25) is 0 Å². The highest BCUT2D eigenvalue weighted by Gasteiger charge is 2.13. The van der Waals surface area contributed by atoms with Crippen molar-refractivity contribution in [1.29, 1.82) is 5.26 Å². The third-order valence-electron chi connectivity index (χ3n) is 2.86. The van der Waals surface area contributed by atoms with Crippen molar-refractivity contribution in [1.82, 2.24) is 0 Å². The predicted octanol–water partition coefficient (Wildman–Crippen LogP) is 4.39. The largest absolute Gasteiger partial charge is 0.389 e. The molecule has 1 aromatic carbocycles. The van der Waals surface area contributed by atoms with Crippen LogP contribution in [0.5, 0.6) is 0 Å². The van der Waals surface area contributed by atoms with Crippen molar-refractivity contribution >= 4 is 37.1 Å². The summed E-state index contributed by atoms with van der Waals surface area (Å²) in [4.78, 5) is 1.19. The van der Waals surface area contributed by atoms with Crippen LogP contribution in [-0.4, -0.2) is 0 Å². The summed E-state index contributed by atoms with van der Waals surface area (Å²) in [5.74, 6) is 0. The first-order valence-electron chi connectivity index (χ1n) is 5.48. The third kappa shape index (κ3) is 1.69. The number of nitrogens with two attached hydrogens (primary N) is 1. The van der Waals surface area contributed by atoms with Crippen LogP contribution in [0.3, 0.4) is 0 Å². The zero-order chi connectivity index (χ0) is 12.7. The molecule has 0 unspecified atom stereocenters. The molecule has 0 amide bonds. The van der Waals surface area contributed by atoms with Crippen molar-refractivity contribution in [3.05, 3.63) is 41.5 Å². The summed E-state index contributed by atoms with van der Waals surface area (Å²) in [6.07, 6.45) is 0. The van der Waals surface area contributed by atoms with Crippen LogP contribution >= 0.6 is 22.7 Å². The molecule has 2 nitrogen and oxygen atoms in total. The first kappa shape index (κ1) is 11.3. The summed E-state index contributed by atoms with van der Waals surface area (Å²) in [5.41, 5.74) is 8.88. The minimum Gasteiger partial charge on any atom is -0.389 e. The van der Waals surface area contributed by atoms with Gasteiger partial charge in [-0.1, -0.05) is 29.8 Å². The van der Waals surface area contributed by atoms with Gasteiger partial charge < -0.3 is 5.73 Å². The van der Waals surface area contributed by atoms with E-state index < -0.39 is 0 Å². The van der Waals surface area contributed by atoms with Crippen molar-refractivity contribution in [3.63, 3.8) is 0 Å². The lowest BCUT2D eigenvalue weighted by molar-refractivity contribution is 1.48. The average molecular weight is 270 g/mol. The van der Waals surface area contributed by atoms with Crippen LogP contribution < -0.4 is 5.73 Å². The fourth-order valence-corrected chi connectivity index (χ4v) is 4.22. The average Bonchev–Trinajstić information content (AvgIpc) is 2.86. The Labute approximate surface area is 113 Å². The molecule has 18 heavy (non-hydrogen) atoms. The molecule has 2 heterocycles. The Morgan fingerprint density at radius 3 is 2.56 bits per heavy atom. The lowest BCUT2D eigenvalue weighted by atomic mass is 10.1. The van der Waals surface area contributed by atoms with Crippen LogP contribution in [0.15, 0.2) is 30.3 Å². The molecular formula is C14H10N2S2. The van der Waals surface area contributed by atoms with E-state index in [2.05, 4.69) is 43.3 Å². The van der Waals surface area contributed by atoms with Crippen LogP contribution in [0.1, 0.15) is 11.1 Å². The van der Waals surface area contributed by atoms with Crippen molar-refractivity contribution < 1.29 is 0 Å². The molecule has 88 valence electrons. The van der Waals surface area contributed by atoms with Crippen LogP contribution in [-0.2, 0) is 0 Å². The highest BCUT2D eigenvalue weighted by molar-refractivity contribution is 7.41. The second kappa shape index (κ2) is 4.13. The fourth-order valence-electron chi connectivity index (χ4n) is 1.88. The second-order valence-corrected chi connectivity index (χ2v) is 6.49. The minimum atomic E-state index is 0.615. The molecule has 0 saturated carbocycles. The number of anilines is 1. The third-order valence-corrected chi connectivity index (χ3v) is 5.17. The van der Waals surface area contributed by atoms with Gasteiger partial charge in [-0.15, -0.1) is 22.7 Å². The van der Waals surface area contributed by atoms with Crippen molar-refractivity contribution in [2.75, 3.05) is 5.73 Å². The highest BCUT2D eigenvalue weighted by Crippen LogP contribution is 2.42. The lowest BCUT2D eigenvalue weighted by Gasteiger charge is -1.97.